The molecule has 0 aromatic heterocycles. The number of benzene rings is 1. The number of hydrogen-bond donors (Lipinski definition) is 0. The number of hydrogen-bond acceptors (Lipinski definition) is 3. The van der Waals surface area contributed by atoms with Crippen LogP contribution in [0.25, 0.3) is 0 Å². The molecule has 1 aromatic rings. The highest BCUT2D eigenvalue weighted by Gasteiger charge is 2.21. The first-order valence-electron chi connectivity index (χ1n) is 6.59. The second-order valence-corrected chi connectivity index (χ2v) is 5.31. The van der Waals surface area contributed by atoms with Gasteiger partial charge in [-0.1, -0.05) is 0 Å². The van der Waals surface area contributed by atoms with Crippen molar-refractivity contribution < 1.29 is 4.79 Å². The molecule has 3 heteroatoms. The number of nitrogens with zero attached hydrogens (tertiary/aromatic N) is 2. The number of aryl methyl sites for hydroxylation is 1. The molecule has 0 unspecified atom stereocenters. The number of rotatable bonds is 3. The minimum atomic E-state index is 0.613. The maximum Gasteiger partial charge on any atom is 0.150 e. The Kier molecular flexibility index (Phi) is 4.02. The molecular formula is C15H22N2O. The molecule has 18 heavy (non-hydrogen) atoms. The molecule has 98 valence electrons. The highest BCUT2D eigenvalue weighted by molar-refractivity contribution is 5.77. The lowest BCUT2D eigenvalue weighted by atomic mass is 10.0. The van der Waals surface area contributed by atoms with E-state index in [2.05, 4.69) is 36.9 Å². The summed E-state index contributed by atoms with van der Waals surface area (Å²) >= 11 is 0. The summed E-state index contributed by atoms with van der Waals surface area (Å²) in [5.41, 5.74) is 3.18. The van der Waals surface area contributed by atoms with Gasteiger partial charge < -0.3 is 9.80 Å². The molecule has 0 spiro atoms. The molecule has 0 amide bonds. The van der Waals surface area contributed by atoms with Gasteiger partial charge in [0.2, 0.25) is 0 Å². The molecule has 0 saturated carbocycles. The van der Waals surface area contributed by atoms with E-state index in [-0.39, 0.29) is 0 Å². The third kappa shape index (κ3) is 2.72. The molecule has 1 fully saturated rings. The van der Waals surface area contributed by atoms with Crippen LogP contribution in [0.5, 0.6) is 0 Å². The van der Waals surface area contributed by atoms with E-state index in [1.54, 1.807) is 0 Å². The Balaban J connectivity index is 2.13. The first kappa shape index (κ1) is 13.1. The van der Waals surface area contributed by atoms with Crippen LogP contribution in [0.1, 0.15) is 28.8 Å². The van der Waals surface area contributed by atoms with E-state index < -0.39 is 0 Å². The Labute approximate surface area is 109 Å². The summed E-state index contributed by atoms with van der Waals surface area (Å²) in [4.78, 5) is 15.5. The summed E-state index contributed by atoms with van der Waals surface area (Å²) in [6, 6.07) is 6.55. The molecule has 0 N–H and O–H groups in total. The van der Waals surface area contributed by atoms with E-state index in [0.717, 1.165) is 11.8 Å². The molecule has 2 rings (SSSR count). The molecule has 1 aromatic carbocycles. The third-order valence-electron chi connectivity index (χ3n) is 3.97. The second kappa shape index (κ2) is 5.53. The van der Waals surface area contributed by atoms with Crippen LogP contribution in [-0.2, 0) is 0 Å². The first-order valence-corrected chi connectivity index (χ1v) is 6.59. The van der Waals surface area contributed by atoms with Crippen LogP contribution in [0.2, 0.25) is 0 Å². The van der Waals surface area contributed by atoms with Crippen molar-refractivity contribution in [1.29, 1.82) is 0 Å². The smallest absolute Gasteiger partial charge is 0.150 e. The van der Waals surface area contributed by atoms with E-state index in [9.17, 15) is 4.79 Å². The third-order valence-corrected chi connectivity index (χ3v) is 3.97. The van der Waals surface area contributed by atoms with Crippen molar-refractivity contribution in [3.63, 3.8) is 0 Å². The summed E-state index contributed by atoms with van der Waals surface area (Å²) in [7, 11) is 4.35. The maximum absolute atomic E-state index is 10.8. The van der Waals surface area contributed by atoms with Crippen LogP contribution in [0.15, 0.2) is 18.2 Å². The second-order valence-electron chi connectivity index (χ2n) is 5.31. The zero-order chi connectivity index (χ0) is 13.1. The average molecular weight is 246 g/mol. The maximum atomic E-state index is 10.8. The van der Waals surface area contributed by atoms with E-state index in [0.29, 0.717) is 6.04 Å². The zero-order valence-corrected chi connectivity index (χ0v) is 11.5. The van der Waals surface area contributed by atoms with Crippen molar-refractivity contribution in [2.75, 3.05) is 32.1 Å². The fraction of sp³-hybridized carbons (Fsp3) is 0.533. The van der Waals surface area contributed by atoms with Gasteiger partial charge in [0.25, 0.3) is 0 Å². The van der Waals surface area contributed by atoms with Gasteiger partial charge in [-0.25, -0.2) is 0 Å². The van der Waals surface area contributed by atoms with Crippen LogP contribution in [0.3, 0.4) is 0 Å². The standard InChI is InChI=1S/C15H22N2O/c1-12-10-13(11-18)4-5-15(12)17(3)14-6-8-16(2)9-7-14/h4-5,10-11,14H,6-9H2,1-3H3. The summed E-state index contributed by atoms with van der Waals surface area (Å²) in [5, 5.41) is 0. The Hall–Kier alpha value is -1.35. The molecule has 0 aliphatic carbocycles. The van der Waals surface area contributed by atoms with Gasteiger partial charge in [-0.3, -0.25) is 4.79 Å². The highest BCUT2D eigenvalue weighted by atomic mass is 16.1. The zero-order valence-electron chi connectivity index (χ0n) is 11.5. The van der Waals surface area contributed by atoms with Crippen molar-refractivity contribution in [3.8, 4) is 0 Å². The highest BCUT2D eigenvalue weighted by Crippen LogP contribution is 2.25. The lowest BCUT2D eigenvalue weighted by Crippen LogP contribution is -2.42. The van der Waals surface area contributed by atoms with E-state index >= 15 is 0 Å². The van der Waals surface area contributed by atoms with Gasteiger partial charge in [0.15, 0.2) is 0 Å². The molecule has 3 nitrogen and oxygen atoms in total. The SMILES string of the molecule is Cc1cc(C=O)ccc1N(C)C1CCN(C)CC1. The van der Waals surface area contributed by atoms with Crippen LogP contribution in [0.4, 0.5) is 5.69 Å². The van der Waals surface area contributed by atoms with Gasteiger partial charge in [0.1, 0.15) is 6.29 Å². The van der Waals surface area contributed by atoms with Gasteiger partial charge in [-0.05, 0) is 63.7 Å². The van der Waals surface area contributed by atoms with Crippen LogP contribution in [0, 0.1) is 6.92 Å². The van der Waals surface area contributed by atoms with Crippen LogP contribution >= 0.6 is 0 Å². The van der Waals surface area contributed by atoms with E-state index in [1.807, 2.05) is 12.1 Å². The van der Waals surface area contributed by atoms with Gasteiger partial charge in [-0.15, -0.1) is 0 Å². The molecule has 1 aliphatic heterocycles. The lowest BCUT2D eigenvalue weighted by molar-refractivity contribution is 0.112. The lowest BCUT2D eigenvalue weighted by Gasteiger charge is -2.37. The molecule has 1 heterocycles. The van der Waals surface area contributed by atoms with Crippen LogP contribution < -0.4 is 4.90 Å². The fourth-order valence-corrected chi connectivity index (χ4v) is 2.73. The van der Waals surface area contributed by atoms with Gasteiger partial charge in [-0.2, -0.15) is 0 Å². The number of carbonyl (C=O) groups excluding carboxylic acids is 1. The topological polar surface area (TPSA) is 23.6 Å². The van der Waals surface area contributed by atoms with Crippen molar-refractivity contribution >= 4 is 12.0 Å². The number of likely N-dealkylation sites (tertiary alicyclic amines) is 1. The minimum absolute atomic E-state index is 0.613. The van der Waals surface area contributed by atoms with Crippen LogP contribution in [-0.4, -0.2) is 44.4 Å². The molecule has 0 atom stereocenters. The van der Waals surface area contributed by atoms with Crippen molar-refractivity contribution in [3.05, 3.63) is 29.3 Å². The van der Waals surface area contributed by atoms with E-state index in [1.165, 1.54) is 37.2 Å². The monoisotopic (exact) mass is 246 g/mol. The van der Waals surface area contributed by atoms with Gasteiger partial charge in [0, 0.05) is 24.3 Å². The fourth-order valence-electron chi connectivity index (χ4n) is 2.73. The van der Waals surface area contributed by atoms with Crippen molar-refractivity contribution in [1.82, 2.24) is 4.90 Å². The minimum Gasteiger partial charge on any atom is -0.371 e. The predicted octanol–water partition coefficient (Wildman–Crippen LogP) is 2.34. The normalized spacial score (nSPS) is 17.7. The number of carbonyl (C=O) groups is 1. The Morgan fingerprint density at radius 2 is 2.00 bits per heavy atom. The molecule has 1 aliphatic rings. The van der Waals surface area contributed by atoms with Crippen molar-refractivity contribution in [2.45, 2.75) is 25.8 Å². The summed E-state index contributed by atoms with van der Waals surface area (Å²) in [6.45, 7) is 4.41. The van der Waals surface area contributed by atoms with E-state index in [4.69, 9.17) is 0 Å². The Morgan fingerprint density at radius 3 is 2.56 bits per heavy atom. The van der Waals surface area contributed by atoms with Gasteiger partial charge >= 0.3 is 0 Å². The average Bonchev–Trinajstić information content (AvgIpc) is 2.38. The Bertz CT molecular complexity index is 423. The summed E-state index contributed by atoms with van der Waals surface area (Å²) < 4.78 is 0. The molecular weight excluding hydrogens is 224 g/mol. The predicted molar refractivity (Wildman–Crippen MR) is 75.5 cm³/mol. The number of piperidine rings is 1. The number of aldehydes is 1. The first-order chi connectivity index (χ1) is 8.61. The molecule has 0 radical (unpaired) electrons. The molecule has 0 bridgehead atoms. The quantitative estimate of drug-likeness (QED) is 0.765. The summed E-state index contributed by atoms with van der Waals surface area (Å²) in [5.74, 6) is 0. The molecule has 1 saturated heterocycles. The van der Waals surface area contributed by atoms with Crippen molar-refractivity contribution in [2.24, 2.45) is 0 Å². The van der Waals surface area contributed by atoms with Gasteiger partial charge in [0.05, 0.1) is 0 Å². The largest absolute Gasteiger partial charge is 0.371 e. The number of anilines is 1. The Morgan fingerprint density at radius 1 is 1.33 bits per heavy atom. The summed E-state index contributed by atoms with van der Waals surface area (Å²) in [6.07, 6.45) is 3.33.